The van der Waals surface area contributed by atoms with Gasteiger partial charge in [0.05, 0.1) is 16.7 Å². The monoisotopic (exact) mass is 290 g/mol. The van der Waals surface area contributed by atoms with Crippen LogP contribution in [0.1, 0.15) is 28.5 Å². The van der Waals surface area contributed by atoms with E-state index in [9.17, 15) is 4.79 Å². The zero-order valence-electron chi connectivity index (χ0n) is 11.3. The maximum atomic E-state index is 11.4. The van der Waals surface area contributed by atoms with Gasteiger partial charge in [0.2, 0.25) is 0 Å². The quantitative estimate of drug-likeness (QED) is 0.766. The first-order valence-corrected chi connectivity index (χ1v) is 6.99. The topological polar surface area (TPSA) is 88.0 Å². The van der Waals surface area contributed by atoms with E-state index in [2.05, 4.69) is 32.4 Å². The van der Waals surface area contributed by atoms with E-state index < -0.39 is 0 Å². The lowest BCUT2D eigenvalue weighted by Gasteiger charge is -2.13. The van der Waals surface area contributed by atoms with Crippen molar-refractivity contribution in [2.24, 2.45) is 0 Å². The van der Waals surface area contributed by atoms with E-state index in [1.165, 1.54) is 15.6 Å². The second-order valence-corrected chi connectivity index (χ2v) is 5.81. The molecule has 3 aromatic heterocycles. The Hall–Kier alpha value is -2.22. The molecule has 3 rings (SSSR count). The average Bonchev–Trinajstić information content (AvgIpc) is 2.93. The Kier molecular flexibility index (Phi) is 3.01. The van der Waals surface area contributed by atoms with Gasteiger partial charge in [-0.05, 0) is 20.8 Å². The van der Waals surface area contributed by atoms with E-state index >= 15 is 0 Å². The van der Waals surface area contributed by atoms with Gasteiger partial charge < -0.3 is 5.32 Å². The summed E-state index contributed by atoms with van der Waals surface area (Å²) in [6.07, 6.45) is 1.46. The molecule has 0 fully saturated rings. The highest BCUT2D eigenvalue weighted by molar-refractivity contribution is 7.11. The highest BCUT2D eigenvalue weighted by Crippen LogP contribution is 2.26. The van der Waals surface area contributed by atoms with Gasteiger partial charge in [0, 0.05) is 10.9 Å². The number of nitrogens with one attached hydrogen (secondary N) is 2. The SMILES string of the molecule is Cc1nc(C)c(C(C)Nc2cc3n[nH]c(=O)n3cn2)s1. The standard InChI is InChI=1S/C12H14N6OS/c1-6-11(20-8(3)14-6)7(2)15-9-4-10-16-17-12(19)18(10)5-13-9/h4-5,7,15H,1-3H3,(H,17,19). The molecule has 0 amide bonds. The van der Waals surface area contributed by atoms with Gasteiger partial charge in [0.15, 0.2) is 5.65 Å². The van der Waals surface area contributed by atoms with Crippen LogP contribution in [0, 0.1) is 13.8 Å². The zero-order chi connectivity index (χ0) is 14.3. The molecule has 0 saturated heterocycles. The summed E-state index contributed by atoms with van der Waals surface area (Å²) < 4.78 is 1.36. The number of hydrogen-bond donors (Lipinski definition) is 2. The van der Waals surface area contributed by atoms with Gasteiger partial charge in [0.1, 0.15) is 12.1 Å². The number of aromatic amines is 1. The Bertz CT molecular complexity index is 817. The summed E-state index contributed by atoms with van der Waals surface area (Å²) in [5.41, 5.74) is 1.28. The largest absolute Gasteiger partial charge is 0.362 e. The second kappa shape index (κ2) is 4.71. The third kappa shape index (κ3) is 2.18. The highest BCUT2D eigenvalue weighted by atomic mass is 32.1. The Morgan fingerprint density at radius 2 is 2.25 bits per heavy atom. The summed E-state index contributed by atoms with van der Waals surface area (Å²) in [6, 6.07) is 1.83. The average molecular weight is 290 g/mol. The van der Waals surface area contributed by atoms with Crippen LogP contribution < -0.4 is 11.0 Å². The molecule has 0 aliphatic carbocycles. The van der Waals surface area contributed by atoms with Gasteiger partial charge >= 0.3 is 5.69 Å². The van der Waals surface area contributed by atoms with Gasteiger partial charge in [-0.3, -0.25) is 0 Å². The molecule has 3 heterocycles. The third-order valence-corrected chi connectivity index (χ3v) is 4.26. The number of anilines is 1. The predicted octanol–water partition coefficient (Wildman–Crippen LogP) is 1.66. The fraction of sp³-hybridized carbons (Fsp3) is 0.333. The molecular weight excluding hydrogens is 276 g/mol. The molecular formula is C12H14N6OS. The summed E-state index contributed by atoms with van der Waals surface area (Å²) in [7, 11) is 0. The first kappa shape index (κ1) is 12.8. The van der Waals surface area contributed by atoms with Crippen LogP contribution in [0.15, 0.2) is 17.2 Å². The minimum Gasteiger partial charge on any atom is -0.362 e. The van der Waals surface area contributed by atoms with Crippen LogP contribution in [-0.4, -0.2) is 24.6 Å². The molecule has 0 aromatic carbocycles. The fourth-order valence-electron chi connectivity index (χ4n) is 2.12. The molecule has 2 N–H and O–H groups in total. The van der Waals surface area contributed by atoms with Crippen LogP contribution in [-0.2, 0) is 0 Å². The lowest BCUT2D eigenvalue weighted by molar-refractivity contribution is 0.874. The van der Waals surface area contributed by atoms with E-state index in [0.29, 0.717) is 11.5 Å². The first-order valence-electron chi connectivity index (χ1n) is 6.18. The van der Waals surface area contributed by atoms with Crippen LogP contribution in [0.25, 0.3) is 5.65 Å². The summed E-state index contributed by atoms with van der Waals surface area (Å²) in [5, 5.41) is 10.7. The normalized spacial score (nSPS) is 12.8. The van der Waals surface area contributed by atoms with Gasteiger partial charge in [0.25, 0.3) is 0 Å². The number of nitrogens with zero attached hydrogens (tertiary/aromatic N) is 4. The number of thiazole rings is 1. The van der Waals surface area contributed by atoms with Crippen LogP contribution in [0.4, 0.5) is 5.82 Å². The molecule has 0 aliphatic heterocycles. The van der Waals surface area contributed by atoms with Gasteiger partial charge in [-0.15, -0.1) is 11.3 Å². The Morgan fingerprint density at radius 3 is 2.95 bits per heavy atom. The molecule has 0 spiro atoms. The number of hydrogen-bond acceptors (Lipinski definition) is 6. The second-order valence-electron chi connectivity index (χ2n) is 4.58. The van der Waals surface area contributed by atoms with Crippen LogP contribution in [0.3, 0.4) is 0 Å². The molecule has 0 radical (unpaired) electrons. The van der Waals surface area contributed by atoms with Crippen LogP contribution in [0.5, 0.6) is 0 Å². The minimum absolute atomic E-state index is 0.0989. The van der Waals surface area contributed by atoms with Crippen molar-refractivity contribution in [2.45, 2.75) is 26.8 Å². The molecule has 7 nitrogen and oxygen atoms in total. The summed E-state index contributed by atoms with van der Waals surface area (Å²) in [6.45, 7) is 6.05. The van der Waals surface area contributed by atoms with Crippen molar-refractivity contribution in [3.63, 3.8) is 0 Å². The van der Waals surface area contributed by atoms with Crippen molar-refractivity contribution in [3.8, 4) is 0 Å². The van der Waals surface area contributed by atoms with Crippen LogP contribution >= 0.6 is 11.3 Å². The Morgan fingerprint density at radius 1 is 1.45 bits per heavy atom. The molecule has 1 unspecified atom stereocenters. The van der Waals surface area contributed by atoms with E-state index in [1.54, 1.807) is 17.4 Å². The number of H-pyrrole nitrogens is 1. The summed E-state index contributed by atoms with van der Waals surface area (Å²) in [5.74, 6) is 0.675. The number of aromatic nitrogens is 5. The first-order chi connectivity index (χ1) is 9.54. The number of rotatable bonds is 3. The molecule has 8 heteroatoms. The van der Waals surface area contributed by atoms with E-state index in [1.807, 2.05) is 13.8 Å². The zero-order valence-corrected chi connectivity index (χ0v) is 12.2. The van der Waals surface area contributed by atoms with Crippen molar-refractivity contribution >= 4 is 22.8 Å². The molecule has 0 bridgehead atoms. The smallest absolute Gasteiger partial charge is 0.348 e. The predicted molar refractivity (Wildman–Crippen MR) is 77.2 cm³/mol. The van der Waals surface area contributed by atoms with Gasteiger partial charge in [-0.1, -0.05) is 0 Å². The number of aryl methyl sites for hydroxylation is 2. The lowest BCUT2D eigenvalue weighted by Crippen LogP contribution is -2.11. The Labute approximate surface area is 118 Å². The van der Waals surface area contributed by atoms with Crippen LogP contribution in [0.2, 0.25) is 0 Å². The molecule has 0 aliphatic rings. The molecule has 104 valence electrons. The van der Waals surface area contributed by atoms with Crippen molar-refractivity contribution in [1.29, 1.82) is 0 Å². The van der Waals surface area contributed by atoms with Crippen molar-refractivity contribution < 1.29 is 0 Å². The van der Waals surface area contributed by atoms with E-state index in [-0.39, 0.29) is 11.7 Å². The minimum atomic E-state index is -0.291. The molecule has 1 atom stereocenters. The maximum Gasteiger partial charge on any atom is 0.348 e. The van der Waals surface area contributed by atoms with E-state index in [0.717, 1.165) is 10.7 Å². The number of fused-ring (bicyclic) bond motifs is 1. The van der Waals surface area contributed by atoms with Gasteiger partial charge in [-0.2, -0.15) is 5.10 Å². The van der Waals surface area contributed by atoms with E-state index in [4.69, 9.17) is 0 Å². The molecule has 0 saturated carbocycles. The molecule has 3 aromatic rings. The third-order valence-electron chi connectivity index (χ3n) is 3.01. The van der Waals surface area contributed by atoms with Gasteiger partial charge in [-0.25, -0.2) is 24.3 Å². The highest BCUT2D eigenvalue weighted by Gasteiger charge is 2.13. The van der Waals surface area contributed by atoms with Crippen molar-refractivity contribution in [2.75, 3.05) is 5.32 Å². The Balaban J connectivity index is 1.88. The summed E-state index contributed by atoms with van der Waals surface area (Å²) in [4.78, 5) is 21.2. The molecule has 20 heavy (non-hydrogen) atoms. The summed E-state index contributed by atoms with van der Waals surface area (Å²) >= 11 is 1.67. The van der Waals surface area contributed by atoms with Crippen molar-refractivity contribution in [1.82, 2.24) is 24.6 Å². The lowest BCUT2D eigenvalue weighted by atomic mass is 10.2. The fourth-order valence-corrected chi connectivity index (χ4v) is 3.05. The van der Waals surface area contributed by atoms with Crippen molar-refractivity contribution in [3.05, 3.63) is 38.5 Å². The maximum absolute atomic E-state index is 11.4.